The molecule has 4 N–H and O–H groups in total. The van der Waals surface area contributed by atoms with Crippen LogP contribution in [0.4, 0.5) is 0 Å². The predicted molar refractivity (Wildman–Crippen MR) is 147 cm³/mol. The van der Waals surface area contributed by atoms with E-state index in [4.69, 9.17) is 10.2 Å². The fourth-order valence-electron chi connectivity index (χ4n) is 4.31. The van der Waals surface area contributed by atoms with Crippen LogP contribution in [0.15, 0.2) is 78.9 Å². The third kappa shape index (κ3) is 5.42. The van der Waals surface area contributed by atoms with Gasteiger partial charge in [-0.1, -0.05) is 36.4 Å². The molecule has 0 atom stereocenters. The Kier molecular flexibility index (Phi) is 7.48. The van der Waals surface area contributed by atoms with Crippen molar-refractivity contribution >= 4 is 22.1 Å². The quantitative estimate of drug-likeness (QED) is 0.259. The molecule has 6 rings (SSSR count). The van der Waals surface area contributed by atoms with Crippen LogP contribution in [0, 0.1) is 6.92 Å². The molecular formula is C29H28N6O4. The molecule has 198 valence electrons. The van der Waals surface area contributed by atoms with E-state index >= 15 is 0 Å². The van der Waals surface area contributed by atoms with Crippen LogP contribution in [0.2, 0.25) is 0 Å². The maximum atomic E-state index is 10.1. The van der Waals surface area contributed by atoms with Crippen molar-refractivity contribution < 1.29 is 20.4 Å². The zero-order valence-electron chi connectivity index (χ0n) is 21.3. The van der Waals surface area contributed by atoms with Crippen molar-refractivity contribution in [2.24, 2.45) is 0 Å². The van der Waals surface area contributed by atoms with Crippen molar-refractivity contribution in [1.82, 2.24) is 30.0 Å². The average Bonchev–Trinajstić information content (AvgIpc) is 3.56. The number of hydrogen-bond acceptors (Lipinski definition) is 8. The first-order chi connectivity index (χ1) is 19.0. The highest BCUT2D eigenvalue weighted by atomic mass is 16.3. The summed E-state index contributed by atoms with van der Waals surface area (Å²) in [6, 6.07) is 23.7. The minimum atomic E-state index is 0.0682. The second-order valence-electron chi connectivity index (χ2n) is 8.94. The number of aromatic hydroxyl groups is 2. The number of rotatable bonds is 6. The van der Waals surface area contributed by atoms with Gasteiger partial charge in [0.1, 0.15) is 44.9 Å². The lowest BCUT2D eigenvalue weighted by Gasteiger charge is -2.11. The molecule has 6 aromatic rings. The van der Waals surface area contributed by atoms with Crippen molar-refractivity contribution in [2.45, 2.75) is 19.8 Å². The van der Waals surface area contributed by atoms with E-state index in [9.17, 15) is 10.2 Å². The van der Waals surface area contributed by atoms with Gasteiger partial charge in [-0.15, -0.1) is 30.0 Å². The number of benzene rings is 4. The number of hydrogen-bond donors (Lipinski definition) is 4. The Hall–Kier alpha value is -4.80. The summed E-state index contributed by atoms with van der Waals surface area (Å²) in [5.41, 5.74) is 6.95. The zero-order valence-corrected chi connectivity index (χ0v) is 21.3. The number of aliphatic hydroxyl groups excluding tert-OH is 2. The summed E-state index contributed by atoms with van der Waals surface area (Å²) in [4.78, 5) is 2.87. The minimum Gasteiger partial charge on any atom is -0.506 e. The van der Waals surface area contributed by atoms with E-state index in [1.165, 1.54) is 9.59 Å². The Morgan fingerprint density at radius 1 is 0.615 bits per heavy atom. The maximum Gasteiger partial charge on any atom is 0.143 e. The van der Waals surface area contributed by atoms with E-state index in [2.05, 4.69) is 20.4 Å². The van der Waals surface area contributed by atoms with Gasteiger partial charge in [0.2, 0.25) is 0 Å². The second-order valence-corrected chi connectivity index (χ2v) is 8.94. The van der Waals surface area contributed by atoms with Crippen LogP contribution < -0.4 is 0 Å². The molecule has 0 aliphatic rings. The van der Waals surface area contributed by atoms with Gasteiger partial charge in [-0.25, -0.2) is 0 Å². The Labute approximate surface area is 224 Å². The van der Waals surface area contributed by atoms with E-state index < -0.39 is 0 Å². The summed E-state index contributed by atoms with van der Waals surface area (Å²) in [6.45, 7) is 2.03. The highest BCUT2D eigenvalue weighted by Gasteiger charge is 2.14. The molecule has 0 aliphatic carbocycles. The SMILES string of the molecule is Cc1c(CCO)ccc(O)c1-n1nc2ccccc2n1.OCCc1ccc(O)c(-n2nc3ccccc3n2)c1. The van der Waals surface area contributed by atoms with Crippen LogP contribution in [-0.4, -0.2) is 63.6 Å². The fourth-order valence-corrected chi connectivity index (χ4v) is 4.31. The number of phenolic OH excluding ortho intramolecular Hbond substituents is 2. The van der Waals surface area contributed by atoms with E-state index in [0.29, 0.717) is 24.2 Å². The molecule has 0 aliphatic heterocycles. The summed E-state index contributed by atoms with van der Waals surface area (Å²) in [5.74, 6) is 0.242. The first-order valence-corrected chi connectivity index (χ1v) is 12.5. The number of nitrogens with zero attached hydrogens (tertiary/aromatic N) is 6. The molecule has 0 amide bonds. The Bertz CT molecular complexity index is 1680. The van der Waals surface area contributed by atoms with Crippen LogP contribution in [0.3, 0.4) is 0 Å². The first-order valence-electron chi connectivity index (χ1n) is 12.5. The van der Waals surface area contributed by atoms with Crippen molar-refractivity contribution in [1.29, 1.82) is 0 Å². The van der Waals surface area contributed by atoms with E-state index in [0.717, 1.165) is 38.8 Å². The molecule has 10 heteroatoms. The molecule has 2 aromatic heterocycles. The largest absolute Gasteiger partial charge is 0.506 e. The van der Waals surface area contributed by atoms with Gasteiger partial charge in [0.25, 0.3) is 0 Å². The molecule has 0 saturated heterocycles. The topological polar surface area (TPSA) is 142 Å². The van der Waals surface area contributed by atoms with E-state index in [-0.39, 0.29) is 24.7 Å². The van der Waals surface area contributed by atoms with Crippen molar-refractivity contribution in [3.05, 3.63) is 95.6 Å². The summed E-state index contributed by atoms with van der Waals surface area (Å²) in [5, 5.41) is 55.5. The van der Waals surface area contributed by atoms with Gasteiger partial charge in [-0.2, -0.15) is 0 Å². The van der Waals surface area contributed by atoms with Gasteiger partial charge in [-0.05, 0) is 78.9 Å². The molecule has 4 aromatic carbocycles. The number of aliphatic hydroxyl groups is 2. The summed E-state index contributed by atoms with van der Waals surface area (Å²) in [6.07, 6.45) is 1.08. The molecule has 0 saturated carbocycles. The lowest BCUT2D eigenvalue weighted by molar-refractivity contribution is 0.299. The number of aromatic nitrogens is 6. The highest BCUT2D eigenvalue weighted by molar-refractivity contribution is 5.74. The molecule has 0 bridgehead atoms. The van der Waals surface area contributed by atoms with Crippen LogP contribution in [-0.2, 0) is 12.8 Å². The third-order valence-electron chi connectivity index (χ3n) is 6.33. The maximum absolute atomic E-state index is 10.1. The molecule has 2 heterocycles. The lowest BCUT2D eigenvalue weighted by Crippen LogP contribution is -2.05. The van der Waals surface area contributed by atoms with Crippen molar-refractivity contribution in [3.63, 3.8) is 0 Å². The Morgan fingerprint density at radius 3 is 1.67 bits per heavy atom. The van der Waals surface area contributed by atoms with Crippen molar-refractivity contribution in [2.75, 3.05) is 13.2 Å². The van der Waals surface area contributed by atoms with E-state index in [1.807, 2.05) is 61.5 Å². The molecule has 39 heavy (non-hydrogen) atoms. The van der Waals surface area contributed by atoms with Crippen molar-refractivity contribution in [3.8, 4) is 22.9 Å². The van der Waals surface area contributed by atoms with Gasteiger partial charge >= 0.3 is 0 Å². The first kappa shape index (κ1) is 25.8. The second kappa shape index (κ2) is 11.3. The van der Waals surface area contributed by atoms with Gasteiger partial charge in [-0.3, -0.25) is 0 Å². The van der Waals surface area contributed by atoms with Gasteiger partial charge < -0.3 is 20.4 Å². The Morgan fingerprint density at radius 2 is 1.13 bits per heavy atom. The number of fused-ring (bicyclic) bond motifs is 2. The molecule has 0 fully saturated rings. The van der Waals surface area contributed by atoms with Gasteiger partial charge in [0.05, 0.1) is 0 Å². The lowest BCUT2D eigenvalue weighted by atomic mass is 10.0. The Balaban J connectivity index is 0.000000158. The van der Waals surface area contributed by atoms with Crippen LogP contribution in [0.1, 0.15) is 16.7 Å². The smallest absolute Gasteiger partial charge is 0.143 e. The molecular weight excluding hydrogens is 496 g/mol. The molecule has 0 radical (unpaired) electrons. The van der Waals surface area contributed by atoms with Gasteiger partial charge in [0.15, 0.2) is 0 Å². The fraction of sp³-hybridized carbons (Fsp3) is 0.172. The summed E-state index contributed by atoms with van der Waals surface area (Å²) in [7, 11) is 0. The number of phenols is 2. The normalized spacial score (nSPS) is 11.1. The third-order valence-corrected chi connectivity index (χ3v) is 6.33. The molecule has 0 unspecified atom stereocenters. The minimum absolute atomic E-state index is 0.0682. The molecule has 0 spiro atoms. The van der Waals surface area contributed by atoms with Crippen LogP contribution in [0.5, 0.6) is 11.5 Å². The summed E-state index contributed by atoms with van der Waals surface area (Å²) < 4.78 is 0. The van der Waals surface area contributed by atoms with Gasteiger partial charge in [0, 0.05) is 13.2 Å². The van der Waals surface area contributed by atoms with Crippen LogP contribution in [0.25, 0.3) is 33.4 Å². The van der Waals surface area contributed by atoms with Crippen LogP contribution >= 0.6 is 0 Å². The average molecular weight is 525 g/mol. The molecule has 10 nitrogen and oxygen atoms in total. The standard InChI is InChI=1S/C15H15N3O2.C14H13N3O2/c1-10-11(8-9-19)6-7-14(20)15(10)18-16-12-4-2-3-5-13(12)17-18;18-8-7-10-5-6-14(19)13(9-10)17-15-11-3-1-2-4-12(11)16-17/h2-7,19-20H,8-9H2,1H3;1-6,9,18-19H,7-8H2. The van der Waals surface area contributed by atoms with E-state index in [1.54, 1.807) is 24.3 Å². The summed E-state index contributed by atoms with van der Waals surface area (Å²) >= 11 is 0. The zero-order chi connectivity index (χ0) is 27.4. The highest BCUT2D eigenvalue weighted by Crippen LogP contribution is 2.28. The predicted octanol–water partition coefficient (Wildman–Crippen LogP) is 3.63. The monoisotopic (exact) mass is 524 g/mol.